The molecular formula is C15H26N2O3. The second-order valence-electron chi connectivity index (χ2n) is 4.81. The summed E-state index contributed by atoms with van der Waals surface area (Å²) in [6.45, 7) is 5.61. The van der Waals surface area contributed by atoms with Gasteiger partial charge >= 0.3 is 5.97 Å². The summed E-state index contributed by atoms with van der Waals surface area (Å²) in [4.78, 5) is 25.2. The van der Waals surface area contributed by atoms with E-state index in [1.165, 1.54) is 6.42 Å². The molecule has 0 aromatic carbocycles. The van der Waals surface area contributed by atoms with Gasteiger partial charge in [-0.2, -0.15) is 0 Å². The Morgan fingerprint density at radius 1 is 1.35 bits per heavy atom. The maximum atomic E-state index is 12.2. The van der Waals surface area contributed by atoms with Crippen molar-refractivity contribution in [1.29, 1.82) is 0 Å². The molecule has 0 atom stereocenters. The normalized spacial score (nSPS) is 14.6. The summed E-state index contributed by atoms with van der Waals surface area (Å²) in [5.41, 5.74) is 1.15. The maximum absolute atomic E-state index is 12.2. The van der Waals surface area contributed by atoms with E-state index in [4.69, 9.17) is 4.74 Å². The average molecular weight is 282 g/mol. The third-order valence-corrected chi connectivity index (χ3v) is 3.32. The van der Waals surface area contributed by atoms with Crippen LogP contribution in [0.25, 0.3) is 0 Å². The molecule has 114 valence electrons. The minimum atomic E-state index is -0.227. The number of hydrogen-bond acceptors (Lipinski definition) is 4. The number of nitrogens with zero attached hydrogens (tertiary/aromatic N) is 1. The number of ether oxygens (including phenoxy) is 1. The summed E-state index contributed by atoms with van der Waals surface area (Å²) < 4.78 is 4.83. The van der Waals surface area contributed by atoms with Crippen LogP contribution in [0.4, 0.5) is 0 Å². The van der Waals surface area contributed by atoms with Crippen molar-refractivity contribution in [1.82, 2.24) is 10.2 Å². The third-order valence-electron chi connectivity index (χ3n) is 3.32. The van der Waals surface area contributed by atoms with Gasteiger partial charge in [0.1, 0.15) is 0 Å². The second-order valence-corrected chi connectivity index (χ2v) is 4.81. The van der Waals surface area contributed by atoms with E-state index in [1.807, 2.05) is 11.8 Å². The number of allylic oxidation sites excluding steroid dienone is 2. The van der Waals surface area contributed by atoms with Crippen LogP contribution in [-0.2, 0) is 14.3 Å². The largest absolute Gasteiger partial charge is 0.466 e. The zero-order valence-electron chi connectivity index (χ0n) is 12.6. The summed E-state index contributed by atoms with van der Waals surface area (Å²) in [6, 6.07) is 0. The van der Waals surface area contributed by atoms with Gasteiger partial charge in [0.05, 0.1) is 19.6 Å². The summed E-state index contributed by atoms with van der Waals surface area (Å²) in [5, 5.41) is 3.01. The first-order valence-corrected chi connectivity index (χ1v) is 7.54. The molecule has 0 bridgehead atoms. The Morgan fingerprint density at radius 3 is 2.75 bits per heavy atom. The topological polar surface area (TPSA) is 58.6 Å². The monoisotopic (exact) mass is 282 g/mol. The molecule has 0 saturated carbocycles. The molecule has 0 fully saturated rings. The predicted octanol–water partition coefficient (Wildman–Crippen LogP) is 1.84. The van der Waals surface area contributed by atoms with Crippen LogP contribution in [-0.4, -0.2) is 43.0 Å². The number of likely N-dealkylation sites (N-methyl/N-ethyl adjacent to an activating group) is 1. The molecule has 1 N–H and O–H groups in total. The lowest BCUT2D eigenvalue weighted by Gasteiger charge is -2.26. The Hall–Kier alpha value is -1.36. The summed E-state index contributed by atoms with van der Waals surface area (Å²) in [5.74, 6) is -0.153. The third kappa shape index (κ3) is 5.74. The fraction of sp³-hybridized carbons (Fsp3) is 0.733. The fourth-order valence-corrected chi connectivity index (χ4v) is 2.32. The molecule has 20 heavy (non-hydrogen) atoms. The van der Waals surface area contributed by atoms with Crippen molar-refractivity contribution in [3.05, 3.63) is 11.8 Å². The molecule has 1 amide bonds. The first kappa shape index (κ1) is 16.7. The minimum absolute atomic E-state index is 0.0736. The molecule has 1 rings (SSSR count). The van der Waals surface area contributed by atoms with Gasteiger partial charge in [-0.3, -0.25) is 9.59 Å². The maximum Gasteiger partial charge on any atom is 0.307 e. The van der Waals surface area contributed by atoms with Gasteiger partial charge in [0.25, 0.3) is 0 Å². The van der Waals surface area contributed by atoms with Crippen LogP contribution in [0.1, 0.15) is 46.0 Å². The van der Waals surface area contributed by atoms with Crippen LogP contribution in [0.2, 0.25) is 0 Å². The molecule has 0 unspecified atom stereocenters. The summed E-state index contributed by atoms with van der Waals surface area (Å²) >= 11 is 0. The molecule has 1 aliphatic carbocycles. The Labute approximate surface area is 121 Å². The molecule has 0 aromatic heterocycles. The van der Waals surface area contributed by atoms with Gasteiger partial charge in [-0.25, -0.2) is 0 Å². The highest BCUT2D eigenvalue weighted by molar-refractivity contribution is 5.80. The summed E-state index contributed by atoms with van der Waals surface area (Å²) in [7, 11) is 0. The number of carbonyl (C=O) groups excluding carboxylic acids is 2. The zero-order chi connectivity index (χ0) is 14.8. The molecule has 0 aliphatic heterocycles. The van der Waals surface area contributed by atoms with E-state index in [-0.39, 0.29) is 18.4 Å². The lowest BCUT2D eigenvalue weighted by Crippen LogP contribution is -2.38. The molecule has 0 heterocycles. The van der Waals surface area contributed by atoms with Crippen molar-refractivity contribution in [3.8, 4) is 0 Å². The standard InChI is InChI=1S/C15H26N2O3/c1-3-17(13-8-6-5-7-9-13)14(18)12-16-11-10-15(19)20-4-2/h8,16H,3-7,9-12H2,1-2H3. The fourth-order valence-electron chi connectivity index (χ4n) is 2.32. The Balaban J connectivity index is 2.29. The molecule has 1 aliphatic rings. The van der Waals surface area contributed by atoms with Crippen LogP contribution < -0.4 is 5.32 Å². The second kappa shape index (κ2) is 9.53. The highest BCUT2D eigenvalue weighted by atomic mass is 16.5. The molecule has 0 aromatic rings. The molecular weight excluding hydrogens is 256 g/mol. The average Bonchev–Trinajstić information content (AvgIpc) is 2.46. The van der Waals surface area contributed by atoms with Crippen LogP contribution in [0.15, 0.2) is 11.8 Å². The number of carbonyl (C=O) groups is 2. The minimum Gasteiger partial charge on any atom is -0.466 e. The van der Waals surface area contributed by atoms with Gasteiger partial charge in [-0.05, 0) is 39.5 Å². The number of esters is 1. The van der Waals surface area contributed by atoms with E-state index < -0.39 is 0 Å². The SMILES string of the molecule is CCOC(=O)CCNCC(=O)N(CC)C1=CCCCC1. The van der Waals surface area contributed by atoms with Crippen molar-refractivity contribution >= 4 is 11.9 Å². The van der Waals surface area contributed by atoms with Crippen LogP contribution in [0.3, 0.4) is 0 Å². The lowest BCUT2D eigenvalue weighted by molar-refractivity contribution is -0.143. The highest BCUT2D eigenvalue weighted by Gasteiger charge is 2.17. The quantitative estimate of drug-likeness (QED) is 0.545. The van der Waals surface area contributed by atoms with Gasteiger partial charge < -0.3 is 15.0 Å². The van der Waals surface area contributed by atoms with Crippen molar-refractivity contribution < 1.29 is 14.3 Å². The van der Waals surface area contributed by atoms with E-state index in [9.17, 15) is 9.59 Å². The highest BCUT2D eigenvalue weighted by Crippen LogP contribution is 2.20. The van der Waals surface area contributed by atoms with Gasteiger partial charge in [0.15, 0.2) is 0 Å². The number of amides is 1. The molecule has 0 spiro atoms. The smallest absolute Gasteiger partial charge is 0.307 e. The molecule has 0 radical (unpaired) electrons. The van der Waals surface area contributed by atoms with Crippen LogP contribution >= 0.6 is 0 Å². The Morgan fingerprint density at radius 2 is 2.15 bits per heavy atom. The Kier molecular flexibility index (Phi) is 7.95. The van der Waals surface area contributed by atoms with Crippen LogP contribution in [0, 0.1) is 0 Å². The molecule has 5 nitrogen and oxygen atoms in total. The lowest BCUT2D eigenvalue weighted by atomic mass is 10.0. The van der Waals surface area contributed by atoms with E-state index >= 15 is 0 Å². The van der Waals surface area contributed by atoms with E-state index in [0.29, 0.717) is 26.1 Å². The van der Waals surface area contributed by atoms with Crippen molar-refractivity contribution in [2.75, 3.05) is 26.2 Å². The van der Waals surface area contributed by atoms with E-state index in [2.05, 4.69) is 11.4 Å². The number of rotatable bonds is 8. The molecule has 5 heteroatoms. The predicted molar refractivity (Wildman–Crippen MR) is 78.1 cm³/mol. The summed E-state index contributed by atoms with van der Waals surface area (Å²) in [6.07, 6.45) is 6.90. The van der Waals surface area contributed by atoms with Crippen molar-refractivity contribution in [2.45, 2.75) is 46.0 Å². The van der Waals surface area contributed by atoms with E-state index in [1.54, 1.807) is 6.92 Å². The number of hydrogen-bond donors (Lipinski definition) is 1. The van der Waals surface area contributed by atoms with Crippen LogP contribution in [0.5, 0.6) is 0 Å². The van der Waals surface area contributed by atoms with Crippen molar-refractivity contribution in [3.63, 3.8) is 0 Å². The Bertz CT molecular complexity index is 353. The zero-order valence-corrected chi connectivity index (χ0v) is 12.6. The van der Waals surface area contributed by atoms with Gasteiger partial charge in [-0.15, -0.1) is 0 Å². The van der Waals surface area contributed by atoms with Gasteiger partial charge in [-0.1, -0.05) is 6.08 Å². The van der Waals surface area contributed by atoms with Gasteiger partial charge in [0.2, 0.25) is 5.91 Å². The van der Waals surface area contributed by atoms with Gasteiger partial charge in [0, 0.05) is 18.8 Å². The van der Waals surface area contributed by atoms with E-state index in [0.717, 1.165) is 25.0 Å². The number of nitrogens with one attached hydrogen (secondary N) is 1. The molecule has 0 saturated heterocycles. The van der Waals surface area contributed by atoms with Crippen molar-refractivity contribution in [2.24, 2.45) is 0 Å². The first-order valence-electron chi connectivity index (χ1n) is 7.54. The first-order chi connectivity index (χ1) is 9.69.